The molecule has 0 saturated heterocycles. The molecule has 0 saturated carbocycles. The van der Waals surface area contributed by atoms with E-state index in [0.29, 0.717) is 0 Å². The first kappa shape index (κ1) is 17.8. The number of nitrogens with zero attached hydrogens (tertiary/aromatic N) is 1. The number of rotatable bonds is 2. The molecule has 2 aromatic rings. The summed E-state index contributed by atoms with van der Waals surface area (Å²) in [6.45, 7) is 0. The summed E-state index contributed by atoms with van der Waals surface area (Å²) in [6, 6.07) is 4.60. The molecule has 132 valence electrons. The summed E-state index contributed by atoms with van der Waals surface area (Å²) in [5.41, 5.74) is -1.01. The molecule has 0 amide bonds. The van der Waals surface area contributed by atoms with Crippen LogP contribution >= 0.6 is 11.8 Å². The first-order chi connectivity index (χ1) is 12.2. The summed E-state index contributed by atoms with van der Waals surface area (Å²) >= 11 is -0.152. The zero-order valence-electron chi connectivity index (χ0n) is 12.6. The van der Waals surface area contributed by atoms with E-state index in [0.717, 1.165) is 18.2 Å². The molecule has 3 rings (SSSR count). The Morgan fingerprint density at radius 3 is 2.54 bits per heavy atom. The minimum absolute atomic E-state index is 0.103. The Hall–Kier alpha value is -3.01. The Bertz CT molecular complexity index is 1010. The Labute approximate surface area is 149 Å². The lowest BCUT2D eigenvalue weighted by atomic mass is 10.0. The molecule has 1 aliphatic rings. The third-order valence-corrected chi connectivity index (χ3v) is 4.70. The number of benzene rings is 2. The molecule has 0 fully saturated rings. The maximum Gasteiger partial charge on any atom is 0.327 e. The molecule has 9 heteroatoms. The van der Waals surface area contributed by atoms with Crippen LogP contribution < -0.4 is 4.74 Å². The SMILES string of the molecule is C#Cc1c(Oc2cc(F)cc(C#N)c2)c(O)c(O)c2c1C(O)C(F)(F)S2. The van der Waals surface area contributed by atoms with E-state index >= 15 is 0 Å². The van der Waals surface area contributed by atoms with Crippen molar-refractivity contribution in [3.05, 3.63) is 40.7 Å². The van der Waals surface area contributed by atoms with E-state index in [1.807, 2.05) is 5.92 Å². The standard InChI is InChI=1S/C17H8F3NO4S/c1-2-10-11-15(26-17(19,20)16(11)24)13(23)12(22)14(10)25-9-4-7(6-21)3-8(18)5-9/h1,3-5,16,22-24H. The molecule has 0 bridgehead atoms. The highest BCUT2D eigenvalue weighted by Crippen LogP contribution is 2.62. The molecule has 5 nitrogen and oxygen atoms in total. The second-order valence-electron chi connectivity index (χ2n) is 5.24. The van der Waals surface area contributed by atoms with Gasteiger partial charge in [-0.3, -0.25) is 0 Å². The van der Waals surface area contributed by atoms with Crippen LogP contribution in [0.4, 0.5) is 13.2 Å². The Morgan fingerprint density at radius 1 is 1.23 bits per heavy atom. The van der Waals surface area contributed by atoms with Crippen molar-refractivity contribution in [1.82, 2.24) is 0 Å². The topological polar surface area (TPSA) is 93.7 Å². The Morgan fingerprint density at radius 2 is 1.92 bits per heavy atom. The molecule has 26 heavy (non-hydrogen) atoms. The van der Waals surface area contributed by atoms with Gasteiger partial charge in [0.05, 0.1) is 22.1 Å². The number of aromatic hydroxyl groups is 2. The van der Waals surface area contributed by atoms with Gasteiger partial charge in [-0.1, -0.05) is 5.92 Å². The highest BCUT2D eigenvalue weighted by atomic mass is 32.2. The van der Waals surface area contributed by atoms with Crippen molar-refractivity contribution in [2.75, 3.05) is 0 Å². The monoisotopic (exact) mass is 379 g/mol. The van der Waals surface area contributed by atoms with Gasteiger partial charge in [-0.15, -0.1) is 6.42 Å². The van der Waals surface area contributed by atoms with Crippen molar-refractivity contribution in [3.8, 4) is 41.4 Å². The van der Waals surface area contributed by atoms with Crippen LogP contribution in [-0.4, -0.2) is 20.6 Å². The number of terminal acetylenes is 1. The maximum atomic E-state index is 13.8. The number of hydrogen-bond acceptors (Lipinski definition) is 6. The van der Waals surface area contributed by atoms with Gasteiger partial charge in [0.1, 0.15) is 11.6 Å². The molecule has 0 aliphatic carbocycles. The lowest BCUT2D eigenvalue weighted by Gasteiger charge is -2.16. The largest absolute Gasteiger partial charge is 0.503 e. The number of fused-ring (bicyclic) bond motifs is 1. The van der Waals surface area contributed by atoms with Crippen LogP contribution in [0.1, 0.15) is 22.8 Å². The van der Waals surface area contributed by atoms with Crippen molar-refractivity contribution < 1.29 is 33.2 Å². The predicted octanol–water partition coefficient (Wildman–Crippen LogP) is 3.61. The van der Waals surface area contributed by atoms with Crippen molar-refractivity contribution in [2.24, 2.45) is 0 Å². The fourth-order valence-electron chi connectivity index (χ4n) is 2.47. The van der Waals surface area contributed by atoms with Crippen LogP contribution in [0.3, 0.4) is 0 Å². The average molecular weight is 379 g/mol. The fraction of sp³-hybridized carbons (Fsp3) is 0.118. The number of phenols is 2. The fourth-order valence-corrected chi connectivity index (χ4v) is 3.49. The van der Waals surface area contributed by atoms with E-state index in [9.17, 15) is 28.5 Å². The smallest absolute Gasteiger partial charge is 0.327 e. The third-order valence-electron chi connectivity index (χ3n) is 3.59. The van der Waals surface area contributed by atoms with E-state index in [4.69, 9.17) is 16.4 Å². The van der Waals surface area contributed by atoms with Gasteiger partial charge in [0.15, 0.2) is 17.6 Å². The van der Waals surface area contributed by atoms with Gasteiger partial charge in [-0.25, -0.2) is 4.39 Å². The summed E-state index contributed by atoms with van der Waals surface area (Å²) in [5.74, 6) is -1.57. The van der Waals surface area contributed by atoms with Gasteiger partial charge in [0.2, 0.25) is 5.75 Å². The Balaban J connectivity index is 2.21. The normalized spacial score (nSPS) is 17.2. The number of ether oxygens (including phenoxy) is 1. The van der Waals surface area contributed by atoms with Crippen LogP contribution in [0.5, 0.6) is 23.0 Å². The molecule has 0 aromatic heterocycles. The molecule has 1 heterocycles. The molecular weight excluding hydrogens is 371 g/mol. The van der Waals surface area contributed by atoms with Gasteiger partial charge in [-0.05, 0) is 23.9 Å². The summed E-state index contributed by atoms with van der Waals surface area (Å²) < 4.78 is 46.4. The maximum absolute atomic E-state index is 13.8. The molecule has 1 aliphatic heterocycles. The second kappa shape index (κ2) is 6.06. The van der Waals surface area contributed by atoms with Crippen LogP contribution in [0.15, 0.2) is 23.1 Å². The Kier molecular flexibility index (Phi) is 4.15. The molecule has 3 N–H and O–H groups in total. The molecule has 1 atom stereocenters. The quantitative estimate of drug-likeness (QED) is 0.545. The number of nitriles is 1. The van der Waals surface area contributed by atoms with Crippen LogP contribution in [0, 0.1) is 29.5 Å². The van der Waals surface area contributed by atoms with E-state index in [1.165, 1.54) is 0 Å². The van der Waals surface area contributed by atoms with E-state index < -0.39 is 50.4 Å². The molecular formula is C17H8F3NO4S. The molecule has 0 spiro atoms. The van der Waals surface area contributed by atoms with Gasteiger partial charge >= 0.3 is 5.25 Å². The predicted molar refractivity (Wildman–Crippen MR) is 84.7 cm³/mol. The van der Waals surface area contributed by atoms with Gasteiger partial charge in [0.25, 0.3) is 0 Å². The van der Waals surface area contributed by atoms with E-state index in [-0.39, 0.29) is 23.1 Å². The number of aliphatic hydroxyl groups excluding tert-OH is 1. The van der Waals surface area contributed by atoms with Crippen molar-refractivity contribution >= 4 is 11.8 Å². The molecule has 1 unspecified atom stereocenters. The second-order valence-corrected chi connectivity index (χ2v) is 6.40. The van der Waals surface area contributed by atoms with E-state index in [1.54, 1.807) is 6.07 Å². The minimum atomic E-state index is -3.68. The first-order valence-electron chi connectivity index (χ1n) is 6.91. The van der Waals surface area contributed by atoms with Gasteiger partial charge < -0.3 is 20.1 Å². The van der Waals surface area contributed by atoms with Crippen LogP contribution in [0.2, 0.25) is 0 Å². The van der Waals surface area contributed by atoms with E-state index in [2.05, 4.69) is 0 Å². The van der Waals surface area contributed by atoms with Crippen LogP contribution in [0.25, 0.3) is 0 Å². The minimum Gasteiger partial charge on any atom is -0.503 e. The number of hydrogen-bond donors (Lipinski definition) is 3. The summed E-state index contributed by atoms with van der Waals surface area (Å²) in [4.78, 5) is -0.475. The molecule has 0 radical (unpaired) electrons. The number of aliphatic hydroxyl groups is 1. The van der Waals surface area contributed by atoms with Crippen molar-refractivity contribution in [2.45, 2.75) is 16.3 Å². The zero-order valence-corrected chi connectivity index (χ0v) is 13.4. The first-order valence-corrected chi connectivity index (χ1v) is 7.73. The number of alkyl halides is 2. The molecule has 2 aromatic carbocycles. The van der Waals surface area contributed by atoms with Crippen molar-refractivity contribution in [3.63, 3.8) is 0 Å². The number of phenolic OH excluding ortho intramolecular Hbond substituents is 2. The lowest BCUT2D eigenvalue weighted by molar-refractivity contribution is -0.0312. The summed E-state index contributed by atoms with van der Waals surface area (Å²) in [6.07, 6.45) is 2.98. The summed E-state index contributed by atoms with van der Waals surface area (Å²) in [5, 5.41) is 35.1. The van der Waals surface area contributed by atoms with Crippen molar-refractivity contribution in [1.29, 1.82) is 5.26 Å². The van der Waals surface area contributed by atoms with Crippen LogP contribution in [-0.2, 0) is 0 Å². The third kappa shape index (κ3) is 2.68. The highest BCUT2D eigenvalue weighted by Gasteiger charge is 2.52. The lowest BCUT2D eigenvalue weighted by Crippen LogP contribution is -2.17. The number of halogens is 3. The van der Waals surface area contributed by atoms with Gasteiger partial charge in [0, 0.05) is 11.6 Å². The average Bonchev–Trinajstić information content (AvgIpc) is 2.83. The zero-order chi connectivity index (χ0) is 19.2. The highest BCUT2D eigenvalue weighted by molar-refractivity contribution is 8.00. The number of thioether (sulfide) groups is 1. The summed E-state index contributed by atoms with van der Waals surface area (Å²) in [7, 11) is 0. The van der Waals surface area contributed by atoms with Gasteiger partial charge in [-0.2, -0.15) is 14.0 Å².